The van der Waals surface area contributed by atoms with Crippen molar-refractivity contribution in [2.75, 3.05) is 0 Å². The van der Waals surface area contributed by atoms with E-state index in [1.807, 2.05) is 0 Å². The molecule has 2 N–H and O–H groups in total. The van der Waals surface area contributed by atoms with Gasteiger partial charge in [0, 0.05) is 0 Å². The molecule has 0 radical (unpaired) electrons. The molecule has 0 fully saturated rings. The molecule has 7 heteroatoms. The molecule has 0 aliphatic carbocycles. The van der Waals surface area contributed by atoms with Gasteiger partial charge in [-0.3, -0.25) is 9.59 Å². The van der Waals surface area contributed by atoms with E-state index in [9.17, 15) is 9.59 Å². The van der Waals surface area contributed by atoms with Crippen LogP contribution in [0.25, 0.3) is 0 Å². The van der Waals surface area contributed by atoms with E-state index in [4.69, 9.17) is 10.2 Å². The van der Waals surface area contributed by atoms with Gasteiger partial charge in [-0.2, -0.15) is 0 Å². The summed E-state index contributed by atoms with van der Waals surface area (Å²) in [6.07, 6.45) is 0. The minimum absolute atomic E-state index is 0. The molecule has 10 heavy (non-hydrogen) atoms. The minimum atomic E-state index is -1.48. The van der Waals surface area contributed by atoms with Gasteiger partial charge in [0.1, 0.15) is 0 Å². The molecule has 0 saturated heterocycles. The Hall–Kier alpha value is 1.42. The SMILES string of the molecule is O=C(O)C(Br)C(=O)O.[NaH].[NaH]. The molecule has 0 aromatic carbocycles. The molecule has 0 heterocycles. The van der Waals surface area contributed by atoms with Crippen molar-refractivity contribution in [2.24, 2.45) is 0 Å². The number of aliphatic carboxylic acids is 2. The second-order valence-electron chi connectivity index (χ2n) is 1.04. The van der Waals surface area contributed by atoms with Gasteiger partial charge < -0.3 is 10.2 Å². The van der Waals surface area contributed by atoms with Gasteiger partial charge in [0.2, 0.25) is 4.83 Å². The molecule has 0 saturated carbocycles. The van der Waals surface area contributed by atoms with Gasteiger partial charge in [-0.15, -0.1) is 0 Å². The molecular weight excluding hydrogens is 226 g/mol. The summed E-state index contributed by atoms with van der Waals surface area (Å²) in [5, 5.41) is 15.8. The van der Waals surface area contributed by atoms with Crippen LogP contribution in [0.5, 0.6) is 0 Å². The topological polar surface area (TPSA) is 74.6 Å². The summed E-state index contributed by atoms with van der Waals surface area (Å²) in [6, 6.07) is 0. The Labute approximate surface area is 110 Å². The van der Waals surface area contributed by atoms with E-state index in [1.54, 1.807) is 0 Å². The van der Waals surface area contributed by atoms with E-state index in [0.29, 0.717) is 0 Å². The number of carbonyl (C=O) groups is 2. The standard InChI is InChI=1S/C3H3BrO4.2Na.2H/c4-1(2(5)6)3(7)8;;;;/h1H,(H,5,6)(H,7,8);;;;. The second kappa shape index (κ2) is 8.52. The van der Waals surface area contributed by atoms with Gasteiger partial charge >= 0.3 is 71.1 Å². The molecule has 0 rings (SSSR count). The van der Waals surface area contributed by atoms with Gasteiger partial charge in [0.15, 0.2) is 0 Å². The van der Waals surface area contributed by atoms with Crippen molar-refractivity contribution in [1.29, 1.82) is 0 Å². The van der Waals surface area contributed by atoms with Crippen molar-refractivity contribution < 1.29 is 19.8 Å². The maximum absolute atomic E-state index is 9.71. The molecule has 0 atom stereocenters. The summed E-state index contributed by atoms with van der Waals surface area (Å²) >= 11 is 2.41. The van der Waals surface area contributed by atoms with E-state index < -0.39 is 16.8 Å². The summed E-state index contributed by atoms with van der Waals surface area (Å²) in [7, 11) is 0. The summed E-state index contributed by atoms with van der Waals surface area (Å²) in [5.74, 6) is -2.78. The third-order valence-electron chi connectivity index (χ3n) is 0.434. The summed E-state index contributed by atoms with van der Waals surface area (Å²) in [6.45, 7) is 0. The van der Waals surface area contributed by atoms with Gasteiger partial charge in [-0.1, -0.05) is 15.9 Å². The number of halogens is 1. The Balaban J connectivity index is -0.000000245. The molecule has 4 nitrogen and oxygen atoms in total. The van der Waals surface area contributed by atoms with Crippen LogP contribution in [-0.4, -0.2) is 86.1 Å². The molecule has 0 spiro atoms. The van der Waals surface area contributed by atoms with Crippen molar-refractivity contribution in [3.8, 4) is 0 Å². The zero-order valence-corrected chi connectivity index (χ0v) is 5.25. The first kappa shape index (κ1) is 17.5. The Morgan fingerprint density at radius 2 is 1.30 bits per heavy atom. The summed E-state index contributed by atoms with van der Waals surface area (Å²) in [5.41, 5.74) is 0. The fourth-order valence-electron chi connectivity index (χ4n) is 0.106. The first-order chi connectivity index (χ1) is 3.55. The van der Waals surface area contributed by atoms with Crippen molar-refractivity contribution in [3.05, 3.63) is 0 Å². The zero-order chi connectivity index (χ0) is 6.73. The van der Waals surface area contributed by atoms with Crippen molar-refractivity contribution in [1.82, 2.24) is 0 Å². The fraction of sp³-hybridized carbons (Fsp3) is 0.333. The number of carboxylic acids is 2. The van der Waals surface area contributed by atoms with Crippen LogP contribution in [0.1, 0.15) is 0 Å². The van der Waals surface area contributed by atoms with Crippen LogP contribution < -0.4 is 0 Å². The third-order valence-corrected chi connectivity index (χ3v) is 1.22. The van der Waals surface area contributed by atoms with Gasteiger partial charge in [-0.25, -0.2) is 0 Å². The zero-order valence-electron chi connectivity index (χ0n) is 3.67. The number of carboxylic acid groups (broad SMARTS) is 2. The molecule has 0 bridgehead atoms. The Kier molecular flexibility index (Phi) is 14.9. The van der Waals surface area contributed by atoms with Crippen LogP contribution in [0.4, 0.5) is 0 Å². The van der Waals surface area contributed by atoms with Crippen LogP contribution in [-0.2, 0) is 9.59 Å². The quantitative estimate of drug-likeness (QED) is 0.349. The first-order valence-corrected chi connectivity index (χ1v) is 2.57. The first-order valence-electron chi connectivity index (χ1n) is 1.65. The van der Waals surface area contributed by atoms with E-state index in [0.717, 1.165) is 0 Å². The maximum atomic E-state index is 9.71. The van der Waals surface area contributed by atoms with Crippen molar-refractivity contribution >= 4 is 87.0 Å². The molecule has 0 aromatic heterocycles. The molecule has 0 aromatic rings. The molecule has 50 valence electrons. The van der Waals surface area contributed by atoms with Crippen molar-refractivity contribution in [3.63, 3.8) is 0 Å². The number of hydrogen-bond acceptors (Lipinski definition) is 2. The molecular formula is C3H5BrNa2O4. The van der Waals surface area contributed by atoms with Crippen LogP contribution in [0.15, 0.2) is 0 Å². The summed E-state index contributed by atoms with van der Waals surface area (Å²) < 4.78 is 0. The number of alkyl halides is 1. The van der Waals surface area contributed by atoms with Crippen LogP contribution in [0.3, 0.4) is 0 Å². The average Bonchev–Trinajstić information content (AvgIpc) is 1.64. The Morgan fingerprint density at radius 1 is 1.10 bits per heavy atom. The second-order valence-corrected chi connectivity index (χ2v) is 1.95. The monoisotopic (exact) mass is 230 g/mol. The van der Waals surface area contributed by atoms with Gasteiger partial charge in [0.05, 0.1) is 0 Å². The number of hydrogen-bond donors (Lipinski definition) is 2. The van der Waals surface area contributed by atoms with E-state index >= 15 is 0 Å². The van der Waals surface area contributed by atoms with Crippen LogP contribution >= 0.6 is 15.9 Å². The fourth-order valence-corrected chi connectivity index (χ4v) is 0.106. The van der Waals surface area contributed by atoms with E-state index in [1.165, 1.54) is 0 Å². The molecule has 0 aliphatic heterocycles. The van der Waals surface area contributed by atoms with Crippen molar-refractivity contribution in [2.45, 2.75) is 4.83 Å². The van der Waals surface area contributed by atoms with Gasteiger partial charge in [-0.05, 0) is 0 Å². The third kappa shape index (κ3) is 7.53. The van der Waals surface area contributed by atoms with E-state index in [2.05, 4.69) is 15.9 Å². The molecule has 0 aliphatic rings. The molecule has 0 amide bonds. The van der Waals surface area contributed by atoms with Crippen LogP contribution in [0, 0.1) is 0 Å². The molecule has 0 unspecified atom stereocenters. The van der Waals surface area contributed by atoms with E-state index in [-0.39, 0.29) is 59.1 Å². The number of rotatable bonds is 2. The summed E-state index contributed by atoms with van der Waals surface area (Å²) in [4.78, 5) is 17.9. The normalized spacial score (nSPS) is 7.40. The van der Waals surface area contributed by atoms with Gasteiger partial charge in [0.25, 0.3) is 0 Å². The Bertz CT molecular complexity index is 114. The predicted molar refractivity (Wildman–Crippen MR) is 42.3 cm³/mol. The average molecular weight is 231 g/mol. The Morgan fingerprint density at radius 3 is 1.30 bits per heavy atom. The van der Waals surface area contributed by atoms with Crippen LogP contribution in [0.2, 0.25) is 0 Å². The predicted octanol–water partition coefficient (Wildman–Crippen LogP) is -1.38.